The van der Waals surface area contributed by atoms with E-state index in [1.54, 1.807) is 0 Å². The first-order chi connectivity index (χ1) is 17.0. The predicted molar refractivity (Wildman–Crippen MR) is 125 cm³/mol. The molecule has 0 aliphatic carbocycles. The summed E-state index contributed by atoms with van der Waals surface area (Å²) in [5.41, 5.74) is 0.734. The van der Waals surface area contributed by atoms with Crippen LogP contribution in [0.1, 0.15) is 46.3 Å². The Morgan fingerprint density at radius 1 is 0.917 bits per heavy atom. The second-order valence-electron chi connectivity index (χ2n) is 10.5. The topological polar surface area (TPSA) is 96.0 Å². The van der Waals surface area contributed by atoms with Gasteiger partial charge in [-0.25, -0.2) is 9.69 Å². The van der Waals surface area contributed by atoms with E-state index in [1.165, 1.54) is 12.0 Å². The molecule has 2 aromatic rings. The molecule has 2 amide bonds. The average molecular weight is 499 g/mol. The van der Waals surface area contributed by atoms with E-state index in [1.807, 2.05) is 70.2 Å². The number of ether oxygens (including phenoxy) is 5. The molecule has 10 heteroatoms. The van der Waals surface area contributed by atoms with Crippen LogP contribution in [-0.2, 0) is 33.3 Å². The summed E-state index contributed by atoms with van der Waals surface area (Å²) in [6.45, 7) is 9.01. The Balaban J connectivity index is 1.41. The molecule has 2 aromatic carbocycles. The molecule has 6 atom stereocenters. The van der Waals surface area contributed by atoms with E-state index < -0.39 is 60.4 Å². The van der Waals surface area contributed by atoms with Crippen LogP contribution in [0.2, 0.25) is 0 Å². The number of rotatable bonds is 3. The first kappa shape index (κ1) is 23.8. The number of hydroxylamine groups is 2. The summed E-state index contributed by atoms with van der Waals surface area (Å²) < 4.78 is 30.9. The molecule has 4 saturated heterocycles. The van der Waals surface area contributed by atoms with Crippen molar-refractivity contribution in [2.75, 3.05) is 6.61 Å². The summed E-state index contributed by atoms with van der Waals surface area (Å²) in [4.78, 5) is 32.5. The fourth-order valence-corrected chi connectivity index (χ4v) is 5.63. The summed E-state index contributed by atoms with van der Waals surface area (Å²) in [6.07, 6.45) is -4.54. The van der Waals surface area contributed by atoms with Gasteiger partial charge in [-0.3, -0.25) is 4.79 Å². The van der Waals surface area contributed by atoms with Crippen LogP contribution in [0.3, 0.4) is 0 Å². The van der Waals surface area contributed by atoms with Crippen LogP contribution in [0.4, 0.5) is 4.79 Å². The van der Waals surface area contributed by atoms with Crippen LogP contribution >= 0.6 is 0 Å². The maximum absolute atomic E-state index is 13.0. The molecule has 4 heterocycles. The van der Waals surface area contributed by atoms with Gasteiger partial charge in [0.25, 0.3) is 0 Å². The number of amides is 2. The van der Waals surface area contributed by atoms with Crippen LogP contribution in [0.15, 0.2) is 42.5 Å². The number of fused-ring (bicyclic) bond motifs is 2. The summed E-state index contributed by atoms with van der Waals surface area (Å²) >= 11 is 0. The number of imide groups is 1. The van der Waals surface area contributed by atoms with Crippen molar-refractivity contribution in [1.82, 2.24) is 9.96 Å². The van der Waals surface area contributed by atoms with Gasteiger partial charge in [-0.2, -0.15) is 0 Å². The smallest absolute Gasteiger partial charge is 0.348 e. The van der Waals surface area contributed by atoms with E-state index in [2.05, 4.69) is 0 Å². The van der Waals surface area contributed by atoms with Gasteiger partial charge in [0.15, 0.2) is 24.0 Å². The summed E-state index contributed by atoms with van der Waals surface area (Å²) in [5, 5.41) is 3.29. The highest BCUT2D eigenvalue weighted by atomic mass is 16.8. The van der Waals surface area contributed by atoms with Crippen molar-refractivity contribution in [2.45, 2.75) is 83.0 Å². The third-order valence-corrected chi connectivity index (χ3v) is 7.02. The van der Waals surface area contributed by atoms with Crippen LogP contribution < -0.4 is 0 Å². The Hall–Kier alpha value is -2.60. The molecule has 192 valence electrons. The van der Waals surface area contributed by atoms with Gasteiger partial charge in [-0.05, 0) is 38.5 Å². The highest BCUT2D eigenvalue weighted by Crippen LogP contribution is 2.47. The van der Waals surface area contributed by atoms with E-state index in [0.717, 1.165) is 21.2 Å². The molecule has 10 nitrogen and oxygen atoms in total. The molecule has 0 spiro atoms. The van der Waals surface area contributed by atoms with Gasteiger partial charge in [0, 0.05) is 12.5 Å². The van der Waals surface area contributed by atoms with Gasteiger partial charge >= 0.3 is 6.09 Å². The Bertz CT molecular complexity index is 1210. The molecule has 0 radical (unpaired) electrons. The SMILES string of the molecule is CC(=O)N1C(=O)ON([C@@H]2O[C@H]([C@H]3COC(C)(C)O3)[C@@H]3OC(C)(C)O[C@@H]32)C1c1cccc2ccccc12. The summed E-state index contributed by atoms with van der Waals surface area (Å²) in [5.74, 6) is -2.08. The minimum absolute atomic E-state index is 0.323. The molecular formula is C26H30N2O8. The van der Waals surface area contributed by atoms with Crippen molar-refractivity contribution in [1.29, 1.82) is 0 Å². The molecule has 4 fully saturated rings. The third kappa shape index (κ3) is 3.80. The first-order valence-corrected chi connectivity index (χ1v) is 12.2. The number of nitrogens with zero attached hydrogens (tertiary/aromatic N) is 2. The van der Waals surface area contributed by atoms with E-state index >= 15 is 0 Å². The minimum atomic E-state index is -0.885. The minimum Gasteiger partial charge on any atom is -0.348 e. The Morgan fingerprint density at radius 2 is 1.64 bits per heavy atom. The van der Waals surface area contributed by atoms with Crippen LogP contribution in [0.5, 0.6) is 0 Å². The van der Waals surface area contributed by atoms with Crippen LogP contribution in [-0.4, -0.2) is 70.8 Å². The second kappa shape index (κ2) is 8.20. The van der Waals surface area contributed by atoms with Crippen molar-refractivity contribution in [3.05, 3.63) is 48.0 Å². The largest absolute Gasteiger partial charge is 0.437 e. The molecule has 36 heavy (non-hydrogen) atoms. The van der Waals surface area contributed by atoms with Crippen molar-refractivity contribution in [3.63, 3.8) is 0 Å². The summed E-state index contributed by atoms with van der Waals surface area (Å²) in [6, 6.07) is 13.5. The maximum atomic E-state index is 13.0. The fraction of sp³-hybridized carbons (Fsp3) is 0.538. The number of hydrogen-bond donors (Lipinski definition) is 0. The lowest BCUT2D eigenvalue weighted by Crippen LogP contribution is -2.45. The zero-order valence-corrected chi connectivity index (χ0v) is 20.9. The maximum Gasteiger partial charge on any atom is 0.437 e. The van der Waals surface area contributed by atoms with E-state index in [0.29, 0.717) is 6.61 Å². The van der Waals surface area contributed by atoms with Crippen LogP contribution in [0.25, 0.3) is 10.8 Å². The number of carbonyl (C=O) groups is 2. The third-order valence-electron chi connectivity index (χ3n) is 7.02. The monoisotopic (exact) mass is 498 g/mol. The number of hydrogen-bond acceptors (Lipinski definition) is 9. The van der Waals surface area contributed by atoms with Gasteiger partial charge in [-0.15, -0.1) is 0 Å². The lowest BCUT2D eigenvalue weighted by Gasteiger charge is -2.32. The zero-order valence-electron chi connectivity index (χ0n) is 20.9. The van der Waals surface area contributed by atoms with E-state index in [4.69, 9.17) is 28.5 Å². The molecule has 4 aliphatic rings. The van der Waals surface area contributed by atoms with E-state index in [9.17, 15) is 9.59 Å². The van der Waals surface area contributed by atoms with Crippen molar-refractivity contribution in [2.24, 2.45) is 0 Å². The van der Waals surface area contributed by atoms with Gasteiger partial charge in [0.05, 0.1) is 6.61 Å². The lowest BCUT2D eigenvalue weighted by atomic mass is 10.0. The molecular weight excluding hydrogens is 468 g/mol. The number of benzene rings is 2. The standard InChI is InChI=1S/C26H30N2O8/c1-14(29)27-22(17-12-8-10-15-9-6-7-11-16(15)17)28(36-24(27)30)23-21-20(34-26(4,5)35-21)19(32-23)18-13-31-25(2,3)33-18/h6-12,18-23H,13H2,1-5H3/t18-,19-,20+,21+,22?,23-/m1/s1. The first-order valence-electron chi connectivity index (χ1n) is 12.2. The molecule has 0 aromatic heterocycles. The molecule has 0 N–H and O–H groups in total. The number of carbonyl (C=O) groups excluding carboxylic acids is 2. The Labute approximate surface area is 208 Å². The Morgan fingerprint density at radius 3 is 2.36 bits per heavy atom. The highest BCUT2D eigenvalue weighted by molar-refractivity contribution is 5.93. The molecule has 6 rings (SSSR count). The molecule has 1 unspecified atom stereocenters. The average Bonchev–Trinajstić information content (AvgIpc) is 3.52. The van der Waals surface area contributed by atoms with Gasteiger partial charge in [-0.1, -0.05) is 47.5 Å². The second-order valence-corrected chi connectivity index (χ2v) is 10.5. The molecule has 0 bridgehead atoms. The highest BCUT2D eigenvalue weighted by Gasteiger charge is 2.63. The normalized spacial score (nSPS) is 35.4. The molecule has 4 aliphatic heterocycles. The zero-order chi connectivity index (χ0) is 25.4. The molecule has 0 saturated carbocycles. The van der Waals surface area contributed by atoms with E-state index in [-0.39, 0.29) is 0 Å². The lowest BCUT2D eigenvalue weighted by molar-refractivity contribution is -0.272. The van der Waals surface area contributed by atoms with Gasteiger partial charge in [0.2, 0.25) is 5.91 Å². The fourth-order valence-electron chi connectivity index (χ4n) is 5.63. The van der Waals surface area contributed by atoms with Crippen LogP contribution in [0, 0.1) is 0 Å². The van der Waals surface area contributed by atoms with Crippen molar-refractivity contribution in [3.8, 4) is 0 Å². The van der Waals surface area contributed by atoms with Gasteiger partial charge in [0.1, 0.15) is 24.4 Å². The van der Waals surface area contributed by atoms with Gasteiger partial charge < -0.3 is 28.5 Å². The quantitative estimate of drug-likeness (QED) is 0.630. The van der Waals surface area contributed by atoms with Crippen molar-refractivity contribution >= 4 is 22.8 Å². The van der Waals surface area contributed by atoms with Crippen molar-refractivity contribution < 1.29 is 38.1 Å². The predicted octanol–water partition coefficient (Wildman–Crippen LogP) is 3.45. The summed E-state index contributed by atoms with van der Waals surface area (Å²) in [7, 11) is 0. The Kier molecular flexibility index (Phi) is 5.42.